The van der Waals surface area contributed by atoms with Crippen LogP contribution in [-0.4, -0.2) is 37.4 Å². The number of carbonyl (C=O) groups is 1. The molecule has 3 aromatic rings. The summed E-state index contributed by atoms with van der Waals surface area (Å²) in [6, 6.07) is 7.14. The minimum atomic E-state index is -0.458. The van der Waals surface area contributed by atoms with E-state index < -0.39 is 11.2 Å². The highest BCUT2D eigenvalue weighted by molar-refractivity contribution is 8.00. The molecular weight excluding hydrogens is 442 g/mol. The maximum Gasteiger partial charge on any atom is 0.332 e. The van der Waals surface area contributed by atoms with Gasteiger partial charge in [-0.15, -0.1) is 0 Å². The van der Waals surface area contributed by atoms with Gasteiger partial charge in [0.25, 0.3) is 5.56 Å². The Balaban J connectivity index is 1.62. The number of nitrogens with one attached hydrogen (secondary N) is 1. The molecule has 1 N–H and O–H groups in total. The molecule has 0 spiro atoms. The van der Waals surface area contributed by atoms with Gasteiger partial charge in [-0.05, 0) is 44.0 Å². The van der Waals surface area contributed by atoms with E-state index in [2.05, 4.69) is 10.3 Å². The second-order valence-corrected chi connectivity index (χ2v) is 9.03. The second-order valence-electron chi connectivity index (χ2n) is 8.07. The third kappa shape index (κ3) is 4.80. The zero-order valence-corrected chi connectivity index (χ0v) is 19.8. The van der Waals surface area contributed by atoms with Crippen molar-refractivity contribution >= 4 is 34.4 Å². The number of hydrogen-bond acceptors (Lipinski definition) is 7. The molecule has 0 saturated heterocycles. The number of rotatable bonds is 7. The molecule has 9 nitrogen and oxygen atoms in total. The molecule has 1 aliphatic rings. The first-order chi connectivity index (χ1) is 15.9. The van der Waals surface area contributed by atoms with Crippen LogP contribution in [0.2, 0.25) is 0 Å². The van der Waals surface area contributed by atoms with Crippen molar-refractivity contribution in [3.63, 3.8) is 0 Å². The van der Waals surface area contributed by atoms with Crippen molar-refractivity contribution in [2.75, 3.05) is 17.7 Å². The Hall–Kier alpha value is -3.14. The summed E-state index contributed by atoms with van der Waals surface area (Å²) in [5, 5.41) is 3.54. The van der Waals surface area contributed by atoms with Crippen molar-refractivity contribution in [1.29, 1.82) is 0 Å². The topological polar surface area (TPSA) is 108 Å². The van der Waals surface area contributed by atoms with Gasteiger partial charge in [0.15, 0.2) is 5.65 Å². The second kappa shape index (κ2) is 9.78. The summed E-state index contributed by atoms with van der Waals surface area (Å²) in [5.41, 5.74) is 0.0734. The van der Waals surface area contributed by atoms with Crippen molar-refractivity contribution in [2.24, 2.45) is 14.1 Å². The Morgan fingerprint density at radius 2 is 1.82 bits per heavy atom. The number of fused-ring (bicyclic) bond motifs is 1. The number of nitrogens with zero attached hydrogens (tertiary/aromatic N) is 4. The Kier molecular flexibility index (Phi) is 6.83. The Morgan fingerprint density at radius 3 is 2.48 bits per heavy atom. The summed E-state index contributed by atoms with van der Waals surface area (Å²) in [4.78, 5) is 47.3. The molecule has 2 aromatic heterocycles. The van der Waals surface area contributed by atoms with Gasteiger partial charge in [0.1, 0.15) is 22.0 Å². The first-order valence-electron chi connectivity index (χ1n) is 11.0. The number of hydrogen-bond donors (Lipinski definition) is 1. The van der Waals surface area contributed by atoms with E-state index >= 15 is 0 Å². The highest BCUT2D eigenvalue weighted by Crippen LogP contribution is 2.34. The maximum atomic E-state index is 12.9. The number of carbonyl (C=O) groups excluding carboxylic acids is 1. The van der Waals surface area contributed by atoms with E-state index in [9.17, 15) is 14.4 Å². The van der Waals surface area contributed by atoms with Gasteiger partial charge >= 0.3 is 5.69 Å². The third-order valence-electron chi connectivity index (χ3n) is 5.79. The summed E-state index contributed by atoms with van der Waals surface area (Å²) in [7, 11) is 3.03. The van der Waals surface area contributed by atoms with Gasteiger partial charge in [-0.25, -0.2) is 14.8 Å². The SMILES string of the molecule is CCOc1ccc(NC(=O)CSc2nc(C3CCCC3)nc3c2c(=O)n(C)c(=O)n3C)cc1. The molecule has 4 rings (SSSR count). The number of anilines is 1. The standard InChI is InChI=1S/C23H27N5O4S/c1-4-32-16-11-9-15(10-12-16)24-17(29)13-33-21-18-20(27(2)23(31)28(3)22(18)30)25-19(26-21)14-7-5-6-8-14/h9-12,14H,4-8,13H2,1-3H3,(H,24,29). The molecule has 33 heavy (non-hydrogen) atoms. The minimum Gasteiger partial charge on any atom is -0.494 e. The van der Waals surface area contributed by atoms with Crippen LogP contribution in [0.3, 0.4) is 0 Å². The smallest absolute Gasteiger partial charge is 0.332 e. The van der Waals surface area contributed by atoms with Crippen LogP contribution in [0.25, 0.3) is 11.0 Å². The van der Waals surface area contributed by atoms with Crippen LogP contribution in [0.1, 0.15) is 44.3 Å². The van der Waals surface area contributed by atoms with E-state index in [1.807, 2.05) is 6.92 Å². The van der Waals surface area contributed by atoms with Crippen molar-refractivity contribution in [3.8, 4) is 5.75 Å². The highest BCUT2D eigenvalue weighted by atomic mass is 32.2. The normalized spacial score (nSPS) is 14.0. The predicted octanol–water partition coefficient (Wildman–Crippen LogP) is 2.81. The first-order valence-corrected chi connectivity index (χ1v) is 12.0. The molecule has 1 fully saturated rings. The predicted molar refractivity (Wildman–Crippen MR) is 128 cm³/mol. The lowest BCUT2D eigenvalue weighted by Crippen LogP contribution is -2.38. The molecule has 1 aromatic carbocycles. The fraction of sp³-hybridized carbons (Fsp3) is 0.435. The summed E-state index contributed by atoms with van der Waals surface area (Å²) < 4.78 is 7.84. The largest absolute Gasteiger partial charge is 0.494 e. The first kappa shape index (κ1) is 23.0. The van der Waals surface area contributed by atoms with E-state index in [4.69, 9.17) is 9.72 Å². The van der Waals surface area contributed by atoms with Crippen LogP contribution >= 0.6 is 11.8 Å². The number of ether oxygens (including phenoxy) is 1. The van der Waals surface area contributed by atoms with E-state index in [1.54, 1.807) is 31.3 Å². The van der Waals surface area contributed by atoms with Crippen LogP contribution in [0.15, 0.2) is 38.9 Å². The zero-order chi connectivity index (χ0) is 23.5. The lowest BCUT2D eigenvalue weighted by molar-refractivity contribution is -0.113. The minimum absolute atomic E-state index is 0.0649. The lowest BCUT2D eigenvalue weighted by atomic mass is 10.1. The van der Waals surface area contributed by atoms with E-state index in [1.165, 1.54) is 23.4 Å². The maximum absolute atomic E-state index is 12.9. The average molecular weight is 470 g/mol. The van der Waals surface area contributed by atoms with Crippen LogP contribution in [0, 0.1) is 0 Å². The quantitative estimate of drug-likeness (QED) is 0.419. The van der Waals surface area contributed by atoms with Gasteiger partial charge in [0, 0.05) is 25.7 Å². The molecule has 0 unspecified atom stereocenters. The molecule has 0 bridgehead atoms. The number of aryl methyl sites for hydroxylation is 1. The molecule has 0 aliphatic heterocycles. The summed E-state index contributed by atoms with van der Waals surface area (Å²) in [6.45, 7) is 2.48. The van der Waals surface area contributed by atoms with Gasteiger partial charge in [0.2, 0.25) is 5.91 Å². The molecule has 174 valence electrons. The summed E-state index contributed by atoms with van der Waals surface area (Å²) >= 11 is 1.18. The van der Waals surface area contributed by atoms with Crippen molar-refractivity contribution in [1.82, 2.24) is 19.1 Å². The Morgan fingerprint density at radius 1 is 1.12 bits per heavy atom. The van der Waals surface area contributed by atoms with E-state index in [-0.39, 0.29) is 23.0 Å². The number of benzene rings is 1. The van der Waals surface area contributed by atoms with Crippen molar-refractivity contribution < 1.29 is 9.53 Å². The number of thioether (sulfide) groups is 1. The summed E-state index contributed by atoms with van der Waals surface area (Å²) in [5.74, 6) is 1.41. The van der Waals surface area contributed by atoms with Crippen LogP contribution in [-0.2, 0) is 18.9 Å². The van der Waals surface area contributed by atoms with Crippen molar-refractivity contribution in [3.05, 3.63) is 50.9 Å². The van der Waals surface area contributed by atoms with Crippen LogP contribution in [0.4, 0.5) is 5.69 Å². The zero-order valence-electron chi connectivity index (χ0n) is 19.0. The molecule has 2 heterocycles. The molecule has 1 aliphatic carbocycles. The van der Waals surface area contributed by atoms with Gasteiger partial charge < -0.3 is 10.1 Å². The van der Waals surface area contributed by atoms with Crippen LogP contribution in [0.5, 0.6) is 5.75 Å². The Labute approximate surface area is 195 Å². The van der Waals surface area contributed by atoms with Crippen LogP contribution < -0.4 is 21.3 Å². The van der Waals surface area contributed by atoms with E-state index in [0.29, 0.717) is 28.8 Å². The molecule has 1 saturated carbocycles. The van der Waals surface area contributed by atoms with Crippen molar-refractivity contribution in [2.45, 2.75) is 43.6 Å². The van der Waals surface area contributed by atoms with E-state index in [0.717, 1.165) is 36.0 Å². The fourth-order valence-corrected chi connectivity index (χ4v) is 4.87. The van der Waals surface area contributed by atoms with Gasteiger partial charge in [-0.3, -0.25) is 18.7 Å². The lowest BCUT2D eigenvalue weighted by Gasteiger charge is -2.14. The number of aromatic nitrogens is 4. The monoisotopic (exact) mass is 469 g/mol. The third-order valence-corrected chi connectivity index (χ3v) is 6.77. The Bertz CT molecular complexity index is 1290. The molecule has 0 radical (unpaired) electrons. The molecule has 10 heteroatoms. The van der Waals surface area contributed by atoms with Gasteiger partial charge in [0.05, 0.1) is 12.4 Å². The van der Waals surface area contributed by atoms with Gasteiger partial charge in [-0.2, -0.15) is 0 Å². The molecular formula is C23H27N5O4S. The average Bonchev–Trinajstić information content (AvgIpc) is 3.36. The fourth-order valence-electron chi connectivity index (χ4n) is 4.05. The number of amides is 1. The van der Waals surface area contributed by atoms with Gasteiger partial charge in [-0.1, -0.05) is 24.6 Å². The summed E-state index contributed by atoms with van der Waals surface area (Å²) in [6.07, 6.45) is 4.17. The highest BCUT2D eigenvalue weighted by Gasteiger charge is 2.24. The molecule has 0 atom stereocenters. The molecule has 1 amide bonds.